The molecule has 1 fully saturated rings. The molecule has 2 heterocycles. The standard InChI is InChI=1S/C18H22N2O4/c1-18(22,14-5-3-2-4-6-14)12-19-16(21)15-11-24-17(20-15)13-7-9-23-10-8-13/h2-6,11,13,22H,7-10,12H2,1H3,(H,19,21). The van der Waals surface area contributed by atoms with Gasteiger partial charge in [0, 0.05) is 19.1 Å². The molecule has 24 heavy (non-hydrogen) atoms. The van der Waals surface area contributed by atoms with Gasteiger partial charge in [-0.3, -0.25) is 4.79 Å². The maximum atomic E-state index is 12.2. The van der Waals surface area contributed by atoms with Crippen LogP contribution in [0.15, 0.2) is 41.0 Å². The van der Waals surface area contributed by atoms with Gasteiger partial charge in [-0.1, -0.05) is 30.3 Å². The van der Waals surface area contributed by atoms with E-state index in [1.807, 2.05) is 30.3 Å². The molecular formula is C18H22N2O4. The lowest BCUT2D eigenvalue weighted by molar-refractivity contribution is 0.0525. The van der Waals surface area contributed by atoms with Crippen molar-refractivity contribution in [1.82, 2.24) is 10.3 Å². The molecule has 128 valence electrons. The van der Waals surface area contributed by atoms with Gasteiger partial charge < -0.3 is 19.6 Å². The molecular weight excluding hydrogens is 308 g/mol. The summed E-state index contributed by atoms with van der Waals surface area (Å²) in [6, 6.07) is 9.23. The van der Waals surface area contributed by atoms with Gasteiger partial charge in [-0.2, -0.15) is 0 Å². The van der Waals surface area contributed by atoms with Crippen LogP contribution in [-0.2, 0) is 10.3 Å². The van der Waals surface area contributed by atoms with Crippen LogP contribution in [0, 0.1) is 0 Å². The molecule has 1 aliphatic rings. The number of aliphatic hydroxyl groups is 1. The van der Waals surface area contributed by atoms with E-state index in [1.165, 1.54) is 6.26 Å². The molecule has 6 nitrogen and oxygen atoms in total. The van der Waals surface area contributed by atoms with E-state index in [4.69, 9.17) is 9.15 Å². The minimum atomic E-state index is -1.15. The molecule has 0 aliphatic carbocycles. The molecule has 1 unspecified atom stereocenters. The predicted octanol–water partition coefficient (Wildman–Crippen LogP) is 2.21. The topological polar surface area (TPSA) is 84.6 Å². The fraction of sp³-hybridized carbons (Fsp3) is 0.444. The quantitative estimate of drug-likeness (QED) is 0.878. The van der Waals surface area contributed by atoms with E-state index in [0.29, 0.717) is 19.1 Å². The predicted molar refractivity (Wildman–Crippen MR) is 87.6 cm³/mol. The Kier molecular flexibility index (Phi) is 4.97. The second-order valence-corrected chi connectivity index (χ2v) is 6.28. The number of carbonyl (C=O) groups excluding carboxylic acids is 1. The highest BCUT2D eigenvalue weighted by molar-refractivity contribution is 5.91. The molecule has 1 amide bonds. The van der Waals surface area contributed by atoms with Crippen molar-refractivity contribution in [3.05, 3.63) is 53.7 Å². The molecule has 0 spiro atoms. The molecule has 1 saturated heterocycles. The van der Waals surface area contributed by atoms with E-state index in [-0.39, 0.29) is 24.1 Å². The van der Waals surface area contributed by atoms with E-state index in [9.17, 15) is 9.90 Å². The zero-order valence-corrected chi connectivity index (χ0v) is 13.7. The zero-order chi connectivity index (χ0) is 17.0. The molecule has 1 atom stereocenters. The minimum absolute atomic E-state index is 0.0926. The van der Waals surface area contributed by atoms with Crippen LogP contribution in [0.1, 0.15) is 47.6 Å². The lowest BCUT2D eigenvalue weighted by Crippen LogP contribution is -2.38. The summed E-state index contributed by atoms with van der Waals surface area (Å²) in [5.74, 6) is 0.430. The minimum Gasteiger partial charge on any atom is -0.448 e. The lowest BCUT2D eigenvalue weighted by atomic mass is 9.96. The van der Waals surface area contributed by atoms with Crippen molar-refractivity contribution in [1.29, 1.82) is 0 Å². The Labute approximate surface area is 140 Å². The molecule has 0 saturated carbocycles. The van der Waals surface area contributed by atoms with Gasteiger partial charge in [-0.05, 0) is 25.3 Å². The highest BCUT2D eigenvalue weighted by Gasteiger charge is 2.26. The van der Waals surface area contributed by atoms with E-state index in [0.717, 1.165) is 18.4 Å². The Morgan fingerprint density at radius 3 is 2.75 bits per heavy atom. The van der Waals surface area contributed by atoms with Crippen molar-refractivity contribution in [2.24, 2.45) is 0 Å². The third kappa shape index (κ3) is 3.83. The van der Waals surface area contributed by atoms with E-state index < -0.39 is 5.60 Å². The van der Waals surface area contributed by atoms with Crippen LogP contribution in [0.25, 0.3) is 0 Å². The smallest absolute Gasteiger partial charge is 0.273 e. The van der Waals surface area contributed by atoms with Gasteiger partial charge in [0.25, 0.3) is 5.91 Å². The Morgan fingerprint density at radius 1 is 1.33 bits per heavy atom. The Balaban J connectivity index is 1.60. The van der Waals surface area contributed by atoms with E-state index in [2.05, 4.69) is 10.3 Å². The average molecular weight is 330 g/mol. The maximum Gasteiger partial charge on any atom is 0.273 e. The third-order valence-electron chi connectivity index (χ3n) is 4.31. The first-order valence-electron chi connectivity index (χ1n) is 8.15. The van der Waals surface area contributed by atoms with Gasteiger partial charge in [-0.25, -0.2) is 4.98 Å². The molecule has 1 aliphatic heterocycles. The Bertz CT molecular complexity index is 675. The fourth-order valence-electron chi connectivity index (χ4n) is 2.77. The highest BCUT2D eigenvalue weighted by Crippen LogP contribution is 2.26. The molecule has 2 N–H and O–H groups in total. The monoisotopic (exact) mass is 330 g/mol. The Morgan fingerprint density at radius 2 is 2.04 bits per heavy atom. The fourth-order valence-corrected chi connectivity index (χ4v) is 2.77. The molecule has 1 aromatic carbocycles. The average Bonchev–Trinajstić information content (AvgIpc) is 3.11. The second kappa shape index (κ2) is 7.15. The molecule has 6 heteroatoms. The van der Waals surface area contributed by atoms with Crippen molar-refractivity contribution in [2.45, 2.75) is 31.3 Å². The first-order chi connectivity index (χ1) is 11.6. The summed E-state index contributed by atoms with van der Waals surface area (Å²) in [5.41, 5.74) is -0.168. The van der Waals surface area contributed by atoms with Gasteiger partial charge in [0.2, 0.25) is 0 Å². The van der Waals surface area contributed by atoms with E-state index >= 15 is 0 Å². The molecule has 0 bridgehead atoms. The van der Waals surface area contributed by atoms with Gasteiger partial charge in [-0.15, -0.1) is 0 Å². The van der Waals surface area contributed by atoms with Gasteiger partial charge in [0.1, 0.15) is 11.9 Å². The third-order valence-corrected chi connectivity index (χ3v) is 4.31. The normalized spacial score (nSPS) is 18.1. The molecule has 0 radical (unpaired) electrons. The van der Waals surface area contributed by atoms with Crippen LogP contribution in [0.4, 0.5) is 0 Å². The first-order valence-corrected chi connectivity index (χ1v) is 8.15. The molecule has 3 rings (SSSR count). The van der Waals surface area contributed by atoms with Crippen molar-refractivity contribution >= 4 is 5.91 Å². The second-order valence-electron chi connectivity index (χ2n) is 6.28. The largest absolute Gasteiger partial charge is 0.448 e. The summed E-state index contributed by atoms with van der Waals surface area (Å²) in [6.45, 7) is 3.14. The van der Waals surface area contributed by atoms with Crippen molar-refractivity contribution < 1.29 is 19.1 Å². The number of nitrogens with zero attached hydrogens (tertiary/aromatic N) is 1. The first kappa shape index (κ1) is 16.7. The Hall–Kier alpha value is -2.18. The summed E-state index contributed by atoms with van der Waals surface area (Å²) >= 11 is 0. The zero-order valence-electron chi connectivity index (χ0n) is 13.7. The number of ether oxygens (including phenoxy) is 1. The van der Waals surface area contributed by atoms with Crippen molar-refractivity contribution in [2.75, 3.05) is 19.8 Å². The number of amides is 1. The van der Waals surface area contributed by atoms with Crippen LogP contribution >= 0.6 is 0 Å². The van der Waals surface area contributed by atoms with Crippen molar-refractivity contribution in [3.63, 3.8) is 0 Å². The highest BCUT2D eigenvalue weighted by atomic mass is 16.5. The summed E-state index contributed by atoms with van der Waals surface area (Å²) < 4.78 is 10.8. The van der Waals surface area contributed by atoms with Crippen LogP contribution < -0.4 is 5.32 Å². The molecule has 2 aromatic rings. The van der Waals surface area contributed by atoms with Crippen LogP contribution in [0.5, 0.6) is 0 Å². The maximum absolute atomic E-state index is 12.2. The number of rotatable bonds is 5. The lowest BCUT2D eigenvalue weighted by Gasteiger charge is -2.23. The van der Waals surface area contributed by atoms with Crippen molar-refractivity contribution in [3.8, 4) is 0 Å². The van der Waals surface area contributed by atoms with Gasteiger partial charge >= 0.3 is 0 Å². The number of aromatic nitrogens is 1. The summed E-state index contributed by atoms with van der Waals surface area (Å²) in [5, 5.41) is 13.2. The van der Waals surface area contributed by atoms with Crippen LogP contribution in [0.3, 0.4) is 0 Å². The van der Waals surface area contributed by atoms with E-state index in [1.54, 1.807) is 6.92 Å². The van der Waals surface area contributed by atoms with Crippen LogP contribution in [0.2, 0.25) is 0 Å². The number of benzene rings is 1. The number of oxazole rings is 1. The van der Waals surface area contributed by atoms with Crippen LogP contribution in [-0.4, -0.2) is 35.8 Å². The SMILES string of the molecule is CC(O)(CNC(=O)c1coc(C2CCOCC2)n1)c1ccccc1. The van der Waals surface area contributed by atoms with Gasteiger partial charge in [0.05, 0.1) is 6.54 Å². The van der Waals surface area contributed by atoms with Gasteiger partial charge in [0.15, 0.2) is 11.6 Å². The number of hydrogen-bond donors (Lipinski definition) is 2. The number of carbonyl (C=O) groups is 1. The summed E-state index contributed by atoms with van der Waals surface area (Å²) in [4.78, 5) is 16.5. The number of nitrogens with one attached hydrogen (secondary N) is 1. The summed E-state index contributed by atoms with van der Waals surface area (Å²) in [7, 11) is 0. The summed E-state index contributed by atoms with van der Waals surface area (Å²) in [6.07, 6.45) is 3.08. The molecule has 1 aromatic heterocycles. The number of hydrogen-bond acceptors (Lipinski definition) is 5.